The van der Waals surface area contributed by atoms with Crippen molar-refractivity contribution in [3.05, 3.63) is 22.3 Å². The van der Waals surface area contributed by atoms with Crippen LogP contribution < -0.4 is 0 Å². The third kappa shape index (κ3) is 4.05. The largest absolute Gasteiger partial charge is 0.428 e. The monoisotopic (exact) mass is 290 g/mol. The second-order valence-corrected chi connectivity index (χ2v) is 4.25. The Morgan fingerprint density at radius 1 is 1.37 bits per heavy atom. The zero-order chi connectivity index (χ0) is 14.6. The third-order valence-corrected chi connectivity index (χ3v) is 2.83. The first-order chi connectivity index (χ1) is 8.86. The molecule has 0 saturated heterocycles. The molecule has 1 N–H and O–H groups in total. The van der Waals surface area contributed by atoms with Crippen molar-refractivity contribution >= 4 is 23.5 Å². The van der Waals surface area contributed by atoms with Gasteiger partial charge >= 0.3 is 11.9 Å². The number of rotatable bonds is 2. The minimum absolute atomic E-state index is 0.0116. The molecule has 0 aromatic carbocycles. The lowest BCUT2D eigenvalue weighted by Gasteiger charge is -2.09. The summed E-state index contributed by atoms with van der Waals surface area (Å²) in [4.78, 5) is 21.0. The predicted molar refractivity (Wildman–Crippen MR) is 65.9 cm³/mol. The Morgan fingerprint density at radius 2 is 2.00 bits per heavy atom. The number of aliphatic hydroxyl groups excluding tert-OH is 1. The summed E-state index contributed by atoms with van der Waals surface area (Å²) >= 11 is 5.35. The first-order valence-electron chi connectivity index (χ1n) is 5.62. The number of carbonyl (C=O) groups excluding carboxylic acids is 2. The van der Waals surface area contributed by atoms with Crippen molar-refractivity contribution in [3.63, 3.8) is 0 Å². The van der Waals surface area contributed by atoms with Gasteiger partial charge in [-0.05, 0) is 20.8 Å². The lowest BCUT2D eigenvalue weighted by atomic mass is 10.3. The van der Waals surface area contributed by atoms with Crippen LogP contribution in [0.5, 0.6) is 0 Å². The Kier molecular flexibility index (Phi) is 5.53. The van der Waals surface area contributed by atoms with Crippen molar-refractivity contribution in [2.24, 2.45) is 0 Å². The zero-order valence-corrected chi connectivity index (χ0v) is 11.6. The van der Waals surface area contributed by atoms with Gasteiger partial charge in [-0.3, -0.25) is 0 Å². The quantitative estimate of drug-likeness (QED) is 0.770. The van der Waals surface area contributed by atoms with Gasteiger partial charge in [-0.15, -0.1) is 0 Å². The summed E-state index contributed by atoms with van der Waals surface area (Å²) in [5, 5.41) is 8.74. The summed E-state index contributed by atoms with van der Waals surface area (Å²) in [7, 11) is 0. The Balaban J connectivity index is 0.000000191. The van der Waals surface area contributed by atoms with E-state index in [0.717, 1.165) is 5.57 Å². The highest BCUT2D eigenvalue weighted by molar-refractivity contribution is 6.42. The molecular weight excluding hydrogens is 276 g/mol. The molecule has 0 radical (unpaired) electrons. The second-order valence-electron chi connectivity index (χ2n) is 3.87. The molecule has 0 aromatic heterocycles. The molecule has 106 valence electrons. The van der Waals surface area contributed by atoms with Gasteiger partial charge in [0.1, 0.15) is 5.03 Å². The number of esters is 2. The summed E-state index contributed by atoms with van der Waals surface area (Å²) in [6.45, 7) is 5.77. The number of aliphatic hydroxyl groups is 1. The number of hydrogen-bond acceptors (Lipinski definition) is 6. The molecular formula is C12H15ClO6. The number of hydrogen-bond donors (Lipinski definition) is 1. The van der Waals surface area contributed by atoms with Crippen LogP contribution in [0, 0.1) is 0 Å². The molecule has 6 nitrogen and oxygen atoms in total. The van der Waals surface area contributed by atoms with Crippen molar-refractivity contribution in [1.29, 1.82) is 0 Å². The van der Waals surface area contributed by atoms with E-state index in [1.807, 2.05) is 13.8 Å². The maximum absolute atomic E-state index is 10.6. The molecule has 2 atom stereocenters. The van der Waals surface area contributed by atoms with E-state index >= 15 is 0 Å². The van der Waals surface area contributed by atoms with Crippen molar-refractivity contribution in [2.45, 2.75) is 33.4 Å². The first kappa shape index (κ1) is 15.7. The molecule has 0 fully saturated rings. The Labute approximate surface area is 115 Å². The van der Waals surface area contributed by atoms with Crippen LogP contribution in [0.4, 0.5) is 0 Å². The van der Waals surface area contributed by atoms with Crippen molar-refractivity contribution in [1.82, 2.24) is 0 Å². The van der Waals surface area contributed by atoms with Crippen molar-refractivity contribution in [2.75, 3.05) is 6.61 Å². The van der Waals surface area contributed by atoms with Gasteiger partial charge < -0.3 is 19.3 Å². The van der Waals surface area contributed by atoms with Gasteiger partial charge in [-0.2, -0.15) is 0 Å². The van der Waals surface area contributed by atoms with Crippen LogP contribution in [-0.2, 0) is 23.8 Å². The summed E-state index contributed by atoms with van der Waals surface area (Å²) < 4.78 is 14.1. The zero-order valence-electron chi connectivity index (χ0n) is 10.8. The van der Waals surface area contributed by atoms with E-state index in [0.29, 0.717) is 12.2 Å². The van der Waals surface area contributed by atoms with Gasteiger partial charge in [-0.25, -0.2) is 9.59 Å². The van der Waals surface area contributed by atoms with Crippen LogP contribution in [0.15, 0.2) is 22.3 Å². The normalized spacial score (nSPS) is 25.6. The van der Waals surface area contributed by atoms with E-state index in [2.05, 4.69) is 4.74 Å². The maximum Gasteiger partial charge on any atom is 0.352 e. The molecule has 2 aliphatic heterocycles. The molecule has 7 heteroatoms. The molecule has 19 heavy (non-hydrogen) atoms. The van der Waals surface area contributed by atoms with Crippen molar-refractivity contribution in [3.8, 4) is 0 Å². The average Bonchev–Trinajstić information content (AvgIpc) is 2.76. The van der Waals surface area contributed by atoms with E-state index in [4.69, 9.17) is 26.2 Å². The van der Waals surface area contributed by atoms with Crippen LogP contribution in [0.3, 0.4) is 0 Å². The van der Waals surface area contributed by atoms with Gasteiger partial charge in [0.25, 0.3) is 0 Å². The van der Waals surface area contributed by atoms with E-state index in [1.165, 1.54) is 13.0 Å². The number of halogens is 1. The topological polar surface area (TPSA) is 82.1 Å². The SMILES string of the molecule is CC1=C(Cl)C(=O)OC1O.CCOC1OC(=O)C=C1C. The minimum atomic E-state index is -1.13. The van der Waals surface area contributed by atoms with E-state index in [-0.39, 0.29) is 11.0 Å². The summed E-state index contributed by atoms with van der Waals surface area (Å²) in [6.07, 6.45) is -0.122. The lowest BCUT2D eigenvalue weighted by molar-refractivity contribution is -0.158. The number of ether oxygens (including phenoxy) is 3. The summed E-state index contributed by atoms with van der Waals surface area (Å²) in [6, 6.07) is 0. The molecule has 0 aromatic rings. The molecule has 0 amide bonds. The maximum atomic E-state index is 10.6. The fourth-order valence-electron chi connectivity index (χ4n) is 1.31. The second kappa shape index (κ2) is 6.70. The lowest BCUT2D eigenvalue weighted by Crippen LogP contribution is -2.14. The van der Waals surface area contributed by atoms with Gasteiger partial charge in [0.2, 0.25) is 12.6 Å². The molecule has 2 aliphatic rings. The number of carbonyl (C=O) groups is 2. The van der Waals surface area contributed by atoms with Crippen molar-refractivity contribution < 1.29 is 28.9 Å². The van der Waals surface area contributed by atoms with Crippen LogP contribution in [0.2, 0.25) is 0 Å². The van der Waals surface area contributed by atoms with Gasteiger partial charge in [-0.1, -0.05) is 11.6 Å². The molecule has 2 heterocycles. The predicted octanol–water partition coefficient (Wildman–Crippen LogP) is 1.23. The van der Waals surface area contributed by atoms with Crippen LogP contribution in [0.1, 0.15) is 20.8 Å². The van der Waals surface area contributed by atoms with Crippen LogP contribution >= 0.6 is 11.6 Å². The highest BCUT2D eigenvalue weighted by Gasteiger charge is 2.27. The van der Waals surface area contributed by atoms with Crippen LogP contribution in [-0.4, -0.2) is 36.2 Å². The minimum Gasteiger partial charge on any atom is -0.428 e. The number of cyclic esters (lactones) is 2. The molecule has 0 aliphatic carbocycles. The smallest absolute Gasteiger partial charge is 0.352 e. The van der Waals surface area contributed by atoms with E-state index in [1.54, 1.807) is 0 Å². The molecule has 2 rings (SSSR count). The first-order valence-corrected chi connectivity index (χ1v) is 6.00. The van der Waals surface area contributed by atoms with Gasteiger partial charge in [0.15, 0.2) is 0 Å². The summed E-state index contributed by atoms with van der Waals surface area (Å²) in [5.74, 6) is -0.961. The Hall–Kier alpha value is -1.37. The average molecular weight is 291 g/mol. The Morgan fingerprint density at radius 3 is 2.26 bits per heavy atom. The highest BCUT2D eigenvalue weighted by Crippen LogP contribution is 2.22. The van der Waals surface area contributed by atoms with Crippen LogP contribution in [0.25, 0.3) is 0 Å². The fraction of sp³-hybridized carbons (Fsp3) is 0.500. The molecule has 0 spiro atoms. The Bertz CT molecular complexity index is 440. The fourth-order valence-corrected chi connectivity index (χ4v) is 1.45. The summed E-state index contributed by atoms with van der Waals surface area (Å²) in [5.41, 5.74) is 1.22. The van der Waals surface area contributed by atoms with E-state index < -0.39 is 18.5 Å². The van der Waals surface area contributed by atoms with Gasteiger partial charge in [0, 0.05) is 23.8 Å². The molecule has 0 bridgehead atoms. The molecule has 0 saturated carbocycles. The molecule has 2 unspecified atom stereocenters. The van der Waals surface area contributed by atoms with Gasteiger partial charge in [0.05, 0.1) is 0 Å². The standard InChI is InChI=1S/C7H10O3.C5H5ClO3/c1-3-9-7-5(2)4-6(8)10-7;1-2-3(6)5(8)9-4(2)7/h4,7H,3H2,1-2H3;4,7H,1H3. The third-order valence-electron chi connectivity index (χ3n) is 2.37. The highest BCUT2D eigenvalue weighted by atomic mass is 35.5. The van der Waals surface area contributed by atoms with E-state index in [9.17, 15) is 9.59 Å².